The number of nitrogens with two attached hydrogens (primary N) is 1. The van der Waals surface area contributed by atoms with Gasteiger partial charge in [0.2, 0.25) is 5.91 Å². The molecule has 0 aliphatic carbocycles. The fourth-order valence-corrected chi connectivity index (χ4v) is 2.81. The zero-order valence-electron chi connectivity index (χ0n) is 10.8. The third-order valence-corrected chi connectivity index (χ3v) is 3.88. The molecule has 0 bridgehead atoms. The molecular formula is C12H22N2O3. The van der Waals surface area contributed by atoms with E-state index in [9.17, 15) is 14.7 Å². The Bertz CT molecular complexity index is 315. The molecule has 1 fully saturated rings. The number of unbranched alkanes of at least 4 members (excludes halogenated alkanes) is 1. The van der Waals surface area contributed by atoms with Crippen molar-refractivity contribution in [2.75, 3.05) is 0 Å². The number of carbonyl (C=O) groups excluding carboxylic acids is 1. The third kappa shape index (κ3) is 2.53. The monoisotopic (exact) mass is 242 g/mol. The second-order valence-corrected chi connectivity index (χ2v) is 5.30. The highest BCUT2D eigenvalue weighted by Crippen LogP contribution is 2.41. The van der Waals surface area contributed by atoms with E-state index in [1.807, 2.05) is 13.8 Å². The van der Waals surface area contributed by atoms with Crippen molar-refractivity contribution in [1.82, 2.24) is 4.90 Å². The first-order valence-electron chi connectivity index (χ1n) is 6.14. The van der Waals surface area contributed by atoms with Crippen LogP contribution in [0.3, 0.4) is 0 Å². The number of rotatable bonds is 4. The first-order chi connectivity index (χ1) is 7.82. The van der Waals surface area contributed by atoms with Gasteiger partial charge in [-0.05, 0) is 32.6 Å². The summed E-state index contributed by atoms with van der Waals surface area (Å²) in [6.45, 7) is 5.86. The van der Waals surface area contributed by atoms with Gasteiger partial charge in [-0.2, -0.15) is 0 Å². The highest BCUT2D eigenvalue weighted by molar-refractivity contribution is 5.85. The van der Waals surface area contributed by atoms with Crippen molar-refractivity contribution in [2.24, 2.45) is 11.7 Å². The van der Waals surface area contributed by atoms with E-state index in [-0.39, 0.29) is 5.92 Å². The molecule has 1 rings (SSSR count). The van der Waals surface area contributed by atoms with Gasteiger partial charge >= 0.3 is 6.09 Å². The molecule has 5 nitrogen and oxygen atoms in total. The molecule has 0 aromatic heterocycles. The summed E-state index contributed by atoms with van der Waals surface area (Å²) in [5.74, 6) is -0.337. The van der Waals surface area contributed by atoms with Gasteiger partial charge in [0.15, 0.2) is 0 Å². The van der Waals surface area contributed by atoms with Crippen LogP contribution in [-0.4, -0.2) is 33.6 Å². The van der Waals surface area contributed by atoms with Gasteiger partial charge in [0.05, 0.1) is 0 Å². The van der Waals surface area contributed by atoms with E-state index < -0.39 is 23.6 Å². The van der Waals surface area contributed by atoms with Crippen molar-refractivity contribution in [3.05, 3.63) is 0 Å². The number of amides is 2. The van der Waals surface area contributed by atoms with Gasteiger partial charge in [0.1, 0.15) is 6.04 Å². The highest BCUT2D eigenvalue weighted by Gasteiger charge is 2.51. The molecule has 0 spiro atoms. The summed E-state index contributed by atoms with van der Waals surface area (Å²) in [6.07, 6.45) is 2.55. The van der Waals surface area contributed by atoms with Crippen molar-refractivity contribution >= 4 is 12.0 Å². The Morgan fingerprint density at radius 2 is 2.06 bits per heavy atom. The smallest absolute Gasteiger partial charge is 0.408 e. The highest BCUT2D eigenvalue weighted by atomic mass is 16.4. The van der Waals surface area contributed by atoms with Crippen LogP contribution in [-0.2, 0) is 4.79 Å². The molecule has 1 aliphatic heterocycles. The quantitative estimate of drug-likeness (QED) is 0.788. The molecule has 2 amide bonds. The van der Waals surface area contributed by atoms with E-state index in [4.69, 9.17) is 5.73 Å². The molecule has 17 heavy (non-hydrogen) atoms. The minimum atomic E-state index is -1.06. The van der Waals surface area contributed by atoms with Crippen LogP contribution in [0.25, 0.3) is 0 Å². The Hall–Kier alpha value is -1.26. The molecule has 2 atom stereocenters. The largest absolute Gasteiger partial charge is 0.465 e. The zero-order chi connectivity index (χ0) is 13.2. The van der Waals surface area contributed by atoms with Crippen LogP contribution >= 0.6 is 0 Å². The SMILES string of the molecule is CCCC[C@H]1CC(C(N)=O)N(C(=O)O)C1(C)C. The summed E-state index contributed by atoms with van der Waals surface area (Å²) in [5, 5.41) is 9.23. The van der Waals surface area contributed by atoms with Gasteiger partial charge in [-0.3, -0.25) is 9.69 Å². The Morgan fingerprint density at radius 3 is 2.41 bits per heavy atom. The molecular weight excluding hydrogens is 220 g/mol. The molecule has 1 saturated heterocycles. The van der Waals surface area contributed by atoms with E-state index in [2.05, 4.69) is 6.92 Å². The van der Waals surface area contributed by atoms with E-state index in [1.54, 1.807) is 0 Å². The molecule has 1 heterocycles. The van der Waals surface area contributed by atoms with Gasteiger partial charge in [-0.25, -0.2) is 4.79 Å². The third-order valence-electron chi connectivity index (χ3n) is 3.88. The van der Waals surface area contributed by atoms with Crippen LogP contribution in [0.5, 0.6) is 0 Å². The number of primary amides is 1. The summed E-state index contributed by atoms with van der Waals surface area (Å²) in [7, 11) is 0. The first-order valence-corrected chi connectivity index (χ1v) is 6.14. The van der Waals surface area contributed by atoms with Crippen molar-refractivity contribution in [3.63, 3.8) is 0 Å². The second-order valence-electron chi connectivity index (χ2n) is 5.30. The molecule has 98 valence electrons. The van der Waals surface area contributed by atoms with Crippen LogP contribution in [0, 0.1) is 5.92 Å². The Kier molecular flexibility index (Phi) is 4.01. The maximum atomic E-state index is 11.3. The van der Waals surface area contributed by atoms with E-state index in [0.29, 0.717) is 6.42 Å². The van der Waals surface area contributed by atoms with Gasteiger partial charge in [0.25, 0.3) is 0 Å². The zero-order valence-corrected chi connectivity index (χ0v) is 10.8. The van der Waals surface area contributed by atoms with E-state index in [1.165, 1.54) is 4.90 Å². The van der Waals surface area contributed by atoms with Crippen LogP contribution in [0.15, 0.2) is 0 Å². The predicted octanol–water partition coefficient (Wildman–Crippen LogP) is 1.81. The fourth-order valence-electron chi connectivity index (χ4n) is 2.81. The summed E-state index contributed by atoms with van der Waals surface area (Å²) in [4.78, 5) is 23.8. The summed E-state index contributed by atoms with van der Waals surface area (Å²) < 4.78 is 0. The summed E-state index contributed by atoms with van der Waals surface area (Å²) in [6, 6.07) is -0.677. The fraction of sp³-hybridized carbons (Fsp3) is 0.833. The van der Waals surface area contributed by atoms with Crippen molar-refractivity contribution in [2.45, 2.75) is 58.0 Å². The van der Waals surface area contributed by atoms with Crippen molar-refractivity contribution < 1.29 is 14.7 Å². The number of carbonyl (C=O) groups is 2. The predicted molar refractivity (Wildman–Crippen MR) is 64.6 cm³/mol. The van der Waals surface area contributed by atoms with Crippen LogP contribution in [0.1, 0.15) is 46.5 Å². The lowest BCUT2D eigenvalue weighted by molar-refractivity contribution is -0.122. The van der Waals surface area contributed by atoms with Gasteiger partial charge < -0.3 is 10.8 Å². The Morgan fingerprint density at radius 1 is 1.47 bits per heavy atom. The average molecular weight is 242 g/mol. The lowest BCUT2D eigenvalue weighted by Crippen LogP contribution is -2.52. The Labute approximate surface area is 102 Å². The summed E-state index contributed by atoms with van der Waals surface area (Å²) in [5.41, 5.74) is 4.78. The van der Waals surface area contributed by atoms with E-state index in [0.717, 1.165) is 19.3 Å². The molecule has 5 heteroatoms. The van der Waals surface area contributed by atoms with Crippen LogP contribution in [0.4, 0.5) is 4.79 Å². The number of hydrogen-bond acceptors (Lipinski definition) is 2. The molecule has 3 N–H and O–H groups in total. The van der Waals surface area contributed by atoms with Gasteiger partial charge in [-0.15, -0.1) is 0 Å². The number of hydrogen-bond donors (Lipinski definition) is 2. The second kappa shape index (κ2) is 4.94. The molecule has 0 saturated carbocycles. The Balaban J connectivity index is 2.93. The van der Waals surface area contributed by atoms with Crippen LogP contribution < -0.4 is 5.73 Å². The normalized spacial score (nSPS) is 27.1. The number of nitrogens with zero attached hydrogens (tertiary/aromatic N) is 1. The van der Waals surface area contributed by atoms with E-state index >= 15 is 0 Å². The molecule has 0 radical (unpaired) electrons. The number of likely N-dealkylation sites (tertiary alicyclic amines) is 1. The topological polar surface area (TPSA) is 83.6 Å². The molecule has 0 aromatic rings. The maximum absolute atomic E-state index is 11.3. The van der Waals surface area contributed by atoms with Crippen LogP contribution in [0.2, 0.25) is 0 Å². The summed E-state index contributed by atoms with van der Waals surface area (Å²) >= 11 is 0. The number of carboxylic acid groups (broad SMARTS) is 1. The minimum absolute atomic E-state index is 0.205. The molecule has 1 aliphatic rings. The lowest BCUT2D eigenvalue weighted by atomic mass is 9.84. The lowest BCUT2D eigenvalue weighted by Gasteiger charge is -2.35. The van der Waals surface area contributed by atoms with Gasteiger partial charge in [-0.1, -0.05) is 19.8 Å². The first kappa shape index (κ1) is 13.8. The van der Waals surface area contributed by atoms with Gasteiger partial charge in [0, 0.05) is 5.54 Å². The minimum Gasteiger partial charge on any atom is -0.465 e. The molecule has 1 unspecified atom stereocenters. The standard InChI is InChI=1S/C12H22N2O3/c1-4-5-6-8-7-9(10(13)15)14(11(16)17)12(8,2)3/h8-9H,4-7H2,1-3H3,(H2,13,15)(H,16,17)/t8-,9?/m0/s1. The average Bonchev–Trinajstić information content (AvgIpc) is 2.46. The maximum Gasteiger partial charge on any atom is 0.408 e. The van der Waals surface area contributed by atoms with Crippen molar-refractivity contribution in [1.29, 1.82) is 0 Å². The van der Waals surface area contributed by atoms with Crippen molar-refractivity contribution in [3.8, 4) is 0 Å². The molecule has 0 aromatic carbocycles.